The summed E-state index contributed by atoms with van der Waals surface area (Å²) in [5.74, 6) is 0.478. The minimum absolute atomic E-state index is 0.0407. The summed E-state index contributed by atoms with van der Waals surface area (Å²) < 4.78 is 40.7. The third-order valence-corrected chi connectivity index (χ3v) is 8.02. The highest BCUT2D eigenvalue weighted by Gasteiger charge is 2.52. The molecule has 182 valence electrons. The van der Waals surface area contributed by atoms with Crippen LogP contribution in [0.1, 0.15) is 49.7 Å². The number of carbonyl (C=O) groups is 2. The van der Waals surface area contributed by atoms with Crippen molar-refractivity contribution in [1.29, 1.82) is 5.26 Å². The quantitative estimate of drug-likeness (QED) is 0.708. The van der Waals surface area contributed by atoms with Gasteiger partial charge in [-0.1, -0.05) is 0 Å². The van der Waals surface area contributed by atoms with E-state index < -0.39 is 17.3 Å². The van der Waals surface area contributed by atoms with Crippen LogP contribution < -0.4 is 10.2 Å². The molecule has 2 saturated carbocycles. The van der Waals surface area contributed by atoms with E-state index >= 15 is 0 Å². The van der Waals surface area contributed by atoms with Crippen LogP contribution in [-0.4, -0.2) is 49.4 Å². The first-order valence-electron chi connectivity index (χ1n) is 12.1. The molecule has 1 aromatic carbocycles. The lowest BCUT2D eigenvalue weighted by Crippen LogP contribution is -2.50. The molecule has 0 radical (unpaired) electrons. The van der Waals surface area contributed by atoms with Gasteiger partial charge >= 0.3 is 6.18 Å². The van der Waals surface area contributed by atoms with Gasteiger partial charge in [0.1, 0.15) is 0 Å². The molecule has 0 bridgehead atoms. The third kappa shape index (κ3) is 4.47. The predicted molar refractivity (Wildman–Crippen MR) is 119 cm³/mol. The number of amides is 2. The molecular formula is C25H29F3N4O2. The highest BCUT2D eigenvalue weighted by atomic mass is 19.4. The number of rotatable bonds is 5. The standard InChI is InChI=1S/C25H29F3N4O2/c26-25(27,28)20-11-19(6-5-18(20)12-29)32-14-21(22(33)30-13-16-1-2-16)24(15-32)7-9-31(10-8-24)23(34)17-3-4-17/h5-6,11,16-17,21H,1-4,7-10,13-15H2,(H,30,33). The number of carbonyl (C=O) groups excluding carboxylic acids is 2. The molecule has 0 aromatic heterocycles. The summed E-state index contributed by atoms with van der Waals surface area (Å²) in [6.45, 7) is 2.60. The monoisotopic (exact) mass is 474 g/mol. The number of anilines is 1. The Morgan fingerprint density at radius 1 is 1.15 bits per heavy atom. The maximum Gasteiger partial charge on any atom is 0.417 e. The number of benzene rings is 1. The maximum absolute atomic E-state index is 13.6. The number of halogens is 3. The summed E-state index contributed by atoms with van der Waals surface area (Å²) in [7, 11) is 0. The van der Waals surface area contributed by atoms with Gasteiger partial charge in [0.15, 0.2) is 0 Å². The Morgan fingerprint density at radius 2 is 1.85 bits per heavy atom. The van der Waals surface area contributed by atoms with Gasteiger partial charge in [-0.25, -0.2) is 0 Å². The number of hydrogen-bond donors (Lipinski definition) is 1. The average Bonchev–Trinajstić information content (AvgIpc) is 3.74. The number of nitrogens with one attached hydrogen (secondary N) is 1. The average molecular weight is 475 g/mol. The molecule has 2 amide bonds. The molecular weight excluding hydrogens is 445 g/mol. The molecule has 1 aromatic rings. The van der Waals surface area contributed by atoms with E-state index in [0.717, 1.165) is 31.7 Å². The molecule has 1 unspecified atom stereocenters. The summed E-state index contributed by atoms with van der Waals surface area (Å²) in [6.07, 6.45) is 0.811. The van der Waals surface area contributed by atoms with Crippen molar-refractivity contribution in [1.82, 2.24) is 10.2 Å². The van der Waals surface area contributed by atoms with E-state index in [1.807, 2.05) is 9.80 Å². The van der Waals surface area contributed by atoms with Crippen LogP contribution in [0.15, 0.2) is 18.2 Å². The number of hydrogen-bond acceptors (Lipinski definition) is 4. The SMILES string of the molecule is N#Cc1ccc(N2CC(C(=O)NCC3CC3)C3(CCN(C(=O)C4CC4)CC3)C2)cc1C(F)(F)F. The highest BCUT2D eigenvalue weighted by molar-refractivity contribution is 5.82. The second-order valence-electron chi connectivity index (χ2n) is 10.4. The van der Waals surface area contributed by atoms with Gasteiger partial charge in [-0.2, -0.15) is 18.4 Å². The number of alkyl halides is 3. The molecule has 5 rings (SSSR count). The van der Waals surface area contributed by atoms with Crippen molar-refractivity contribution in [3.8, 4) is 6.07 Å². The molecule has 2 aliphatic carbocycles. The Morgan fingerprint density at radius 3 is 2.44 bits per heavy atom. The Labute approximate surface area is 197 Å². The fraction of sp³-hybridized carbons (Fsp3) is 0.640. The van der Waals surface area contributed by atoms with Gasteiger partial charge in [0.2, 0.25) is 11.8 Å². The first kappa shape index (κ1) is 23.0. The summed E-state index contributed by atoms with van der Waals surface area (Å²) in [6, 6.07) is 5.41. The number of piperidine rings is 1. The van der Waals surface area contributed by atoms with Gasteiger partial charge < -0.3 is 15.1 Å². The van der Waals surface area contributed by atoms with Crippen molar-refractivity contribution in [3.63, 3.8) is 0 Å². The van der Waals surface area contributed by atoms with Crippen molar-refractivity contribution in [3.05, 3.63) is 29.3 Å². The van der Waals surface area contributed by atoms with Crippen molar-refractivity contribution in [2.45, 2.75) is 44.7 Å². The molecule has 1 atom stereocenters. The van der Waals surface area contributed by atoms with Crippen LogP contribution in [0.3, 0.4) is 0 Å². The second-order valence-corrected chi connectivity index (χ2v) is 10.4. The number of likely N-dealkylation sites (tertiary alicyclic amines) is 1. The molecule has 4 aliphatic rings. The summed E-state index contributed by atoms with van der Waals surface area (Å²) in [5, 5.41) is 12.2. The van der Waals surface area contributed by atoms with Crippen molar-refractivity contribution in [2.24, 2.45) is 23.2 Å². The van der Waals surface area contributed by atoms with E-state index in [-0.39, 0.29) is 29.1 Å². The molecule has 2 aliphatic heterocycles. The first-order chi connectivity index (χ1) is 16.2. The Bertz CT molecular complexity index is 1020. The summed E-state index contributed by atoms with van der Waals surface area (Å²) in [4.78, 5) is 29.5. The van der Waals surface area contributed by atoms with Crippen LogP contribution >= 0.6 is 0 Å². The molecule has 4 fully saturated rings. The van der Waals surface area contributed by atoms with Crippen LogP contribution in [0.5, 0.6) is 0 Å². The lowest BCUT2D eigenvalue weighted by atomic mass is 9.70. The van der Waals surface area contributed by atoms with Crippen molar-refractivity contribution >= 4 is 17.5 Å². The largest absolute Gasteiger partial charge is 0.417 e. The summed E-state index contributed by atoms with van der Waals surface area (Å²) in [5.41, 5.74) is -1.37. The minimum Gasteiger partial charge on any atom is -0.370 e. The predicted octanol–water partition coefficient (Wildman–Crippen LogP) is 3.56. The molecule has 2 heterocycles. The van der Waals surface area contributed by atoms with E-state index in [9.17, 15) is 22.8 Å². The zero-order valence-corrected chi connectivity index (χ0v) is 19.0. The molecule has 6 nitrogen and oxygen atoms in total. The van der Waals surface area contributed by atoms with Gasteiger partial charge in [0, 0.05) is 49.7 Å². The Balaban J connectivity index is 1.38. The normalized spacial score (nSPS) is 24.2. The first-order valence-corrected chi connectivity index (χ1v) is 12.1. The second kappa shape index (κ2) is 8.47. The minimum atomic E-state index is -4.63. The fourth-order valence-corrected chi connectivity index (χ4v) is 5.55. The van der Waals surface area contributed by atoms with E-state index in [0.29, 0.717) is 57.2 Å². The molecule has 1 N–H and O–H groups in total. The van der Waals surface area contributed by atoms with E-state index in [4.69, 9.17) is 5.26 Å². The topological polar surface area (TPSA) is 76.4 Å². The number of nitriles is 1. The van der Waals surface area contributed by atoms with Crippen LogP contribution in [0.25, 0.3) is 0 Å². The van der Waals surface area contributed by atoms with Crippen molar-refractivity contribution < 1.29 is 22.8 Å². The summed E-state index contributed by atoms with van der Waals surface area (Å²) >= 11 is 0. The maximum atomic E-state index is 13.6. The number of nitrogens with zero attached hydrogens (tertiary/aromatic N) is 3. The third-order valence-electron chi connectivity index (χ3n) is 8.02. The fourth-order valence-electron chi connectivity index (χ4n) is 5.55. The van der Waals surface area contributed by atoms with E-state index in [1.165, 1.54) is 12.1 Å². The zero-order chi connectivity index (χ0) is 24.1. The highest BCUT2D eigenvalue weighted by Crippen LogP contribution is 2.47. The van der Waals surface area contributed by atoms with Crippen LogP contribution in [0, 0.1) is 34.5 Å². The van der Waals surface area contributed by atoms with Crippen LogP contribution in [0.4, 0.5) is 18.9 Å². The van der Waals surface area contributed by atoms with E-state index in [1.54, 1.807) is 6.07 Å². The van der Waals surface area contributed by atoms with Crippen molar-refractivity contribution in [2.75, 3.05) is 37.6 Å². The lowest BCUT2D eigenvalue weighted by molar-refractivity contribution is -0.138. The van der Waals surface area contributed by atoms with Gasteiger partial charge in [-0.15, -0.1) is 0 Å². The van der Waals surface area contributed by atoms with Crippen LogP contribution in [-0.2, 0) is 15.8 Å². The molecule has 34 heavy (non-hydrogen) atoms. The molecule has 1 spiro atoms. The van der Waals surface area contributed by atoms with Gasteiger partial charge in [0.05, 0.1) is 23.1 Å². The smallest absolute Gasteiger partial charge is 0.370 e. The van der Waals surface area contributed by atoms with Gasteiger partial charge in [-0.3, -0.25) is 9.59 Å². The van der Waals surface area contributed by atoms with Gasteiger partial charge in [0.25, 0.3) is 0 Å². The Hall–Kier alpha value is -2.76. The molecule has 2 saturated heterocycles. The van der Waals surface area contributed by atoms with Gasteiger partial charge in [-0.05, 0) is 62.6 Å². The molecule has 9 heteroatoms. The Kier molecular flexibility index (Phi) is 5.73. The lowest BCUT2D eigenvalue weighted by Gasteiger charge is -2.42. The zero-order valence-electron chi connectivity index (χ0n) is 19.0. The van der Waals surface area contributed by atoms with E-state index in [2.05, 4.69) is 5.32 Å². The van der Waals surface area contributed by atoms with Crippen LogP contribution in [0.2, 0.25) is 0 Å².